The molecule has 0 saturated heterocycles. The molecule has 0 spiro atoms. The molecule has 0 fully saturated rings. The summed E-state index contributed by atoms with van der Waals surface area (Å²) in [5.74, 6) is -1.47. The van der Waals surface area contributed by atoms with Crippen molar-refractivity contribution in [1.29, 1.82) is 0 Å². The maximum atomic E-state index is 12.6. The van der Waals surface area contributed by atoms with Gasteiger partial charge in [0.15, 0.2) is 0 Å². The molecule has 1 amide bonds. The average molecular weight is 408 g/mol. The third-order valence-corrected chi connectivity index (χ3v) is 4.95. The SMILES string of the molecule is COc1cc(C)cc2oc(=O)c(CC(=O)N[C@@H](Cc3ccccc3)C(=O)[O-])c(C)c12. The lowest BCUT2D eigenvalue weighted by Gasteiger charge is -2.20. The van der Waals surface area contributed by atoms with Crippen LogP contribution in [0.4, 0.5) is 0 Å². The highest BCUT2D eigenvalue weighted by atomic mass is 16.5. The van der Waals surface area contributed by atoms with Crippen LogP contribution in [-0.4, -0.2) is 25.0 Å². The van der Waals surface area contributed by atoms with Crippen LogP contribution in [0.15, 0.2) is 51.7 Å². The van der Waals surface area contributed by atoms with Crippen molar-refractivity contribution < 1.29 is 23.8 Å². The number of fused-ring (bicyclic) bond motifs is 1. The van der Waals surface area contributed by atoms with Crippen LogP contribution in [-0.2, 0) is 22.4 Å². The van der Waals surface area contributed by atoms with Crippen molar-refractivity contribution in [3.63, 3.8) is 0 Å². The molecule has 0 saturated carbocycles. The van der Waals surface area contributed by atoms with Crippen molar-refractivity contribution in [3.05, 3.63) is 75.1 Å². The number of aryl methyl sites for hydroxylation is 2. The van der Waals surface area contributed by atoms with E-state index in [1.165, 1.54) is 7.11 Å². The van der Waals surface area contributed by atoms with Gasteiger partial charge in [-0.2, -0.15) is 0 Å². The molecule has 156 valence electrons. The summed E-state index contributed by atoms with van der Waals surface area (Å²) < 4.78 is 10.8. The van der Waals surface area contributed by atoms with E-state index < -0.39 is 23.5 Å². The molecule has 3 rings (SSSR count). The first-order chi connectivity index (χ1) is 14.3. The lowest BCUT2D eigenvalue weighted by molar-refractivity contribution is -0.308. The summed E-state index contributed by atoms with van der Waals surface area (Å²) in [6.07, 6.45) is -0.243. The minimum Gasteiger partial charge on any atom is -0.548 e. The second-order valence-corrected chi connectivity index (χ2v) is 7.14. The van der Waals surface area contributed by atoms with Crippen LogP contribution >= 0.6 is 0 Å². The number of amides is 1. The van der Waals surface area contributed by atoms with Crippen molar-refractivity contribution in [2.45, 2.75) is 32.7 Å². The van der Waals surface area contributed by atoms with E-state index in [0.717, 1.165) is 11.1 Å². The molecular formula is C23H22NO6-. The molecule has 1 aromatic heterocycles. The lowest BCUT2D eigenvalue weighted by atomic mass is 10.0. The van der Waals surface area contributed by atoms with Gasteiger partial charge in [0, 0.05) is 0 Å². The Bertz CT molecular complexity index is 1150. The minimum atomic E-state index is -1.40. The highest BCUT2D eigenvalue weighted by Gasteiger charge is 2.20. The van der Waals surface area contributed by atoms with Gasteiger partial charge in [-0.1, -0.05) is 30.3 Å². The molecule has 7 heteroatoms. The molecule has 1 heterocycles. The third-order valence-electron chi connectivity index (χ3n) is 4.95. The quantitative estimate of drug-likeness (QED) is 0.593. The molecule has 7 nitrogen and oxygen atoms in total. The zero-order chi connectivity index (χ0) is 21.8. The van der Waals surface area contributed by atoms with Crippen LogP contribution in [0.25, 0.3) is 11.0 Å². The van der Waals surface area contributed by atoms with Gasteiger partial charge >= 0.3 is 5.63 Å². The molecule has 1 atom stereocenters. The molecule has 2 aromatic carbocycles. The predicted octanol–water partition coefficient (Wildman–Crippen LogP) is 1.44. The summed E-state index contributed by atoms with van der Waals surface area (Å²) in [5, 5.41) is 14.5. The number of carboxylic acid groups (broad SMARTS) is 1. The highest BCUT2D eigenvalue weighted by molar-refractivity contribution is 5.90. The largest absolute Gasteiger partial charge is 0.548 e. The smallest absolute Gasteiger partial charge is 0.340 e. The van der Waals surface area contributed by atoms with E-state index in [4.69, 9.17) is 9.15 Å². The van der Waals surface area contributed by atoms with E-state index in [1.807, 2.05) is 19.1 Å². The number of ether oxygens (including phenoxy) is 1. The fourth-order valence-corrected chi connectivity index (χ4v) is 3.45. The predicted molar refractivity (Wildman–Crippen MR) is 109 cm³/mol. The molecule has 0 aliphatic rings. The van der Waals surface area contributed by atoms with Crippen molar-refractivity contribution >= 4 is 22.8 Å². The summed E-state index contributed by atoms with van der Waals surface area (Å²) in [6.45, 7) is 3.56. The van der Waals surface area contributed by atoms with Gasteiger partial charge in [0.05, 0.1) is 36.5 Å². The van der Waals surface area contributed by atoms with Crippen LogP contribution < -0.4 is 20.8 Å². The summed E-state index contributed by atoms with van der Waals surface area (Å²) in [5.41, 5.74) is 2.05. The van der Waals surface area contributed by atoms with Crippen molar-refractivity contribution in [2.75, 3.05) is 7.11 Å². The first-order valence-electron chi connectivity index (χ1n) is 9.45. The number of nitrogens with one attached hydrogen (secondary N) is 1. The molecular weight excluding hydrogens is 386 g/mol. The van der Waals surface area contributed by atoms with Crippen molar-refractivity contribution in [3.8, 4) is 5.75 Å². The Kier molecular flexibility index (Phi) is 6.20. The highest BCUT2D eigenvalue weighted by Crippen LogP contribution is 2.30. The molecule has 30 heavy (non-hydrogen) atoms. The van der Waals surface area contributed by atoms with Gasteiger partial charge in [-0.05, 0) is 49.1 Å². The van der Waals surface area contributed by atoms with Crippen LogP contribution in [0.2, 0.25) is 0 Å². The minimum absolute atomic E-state index is 0.0767. The number of hydrogen-bond acceptors (Lipinski definition) is 6. The third kappa shape index (κ3) is 4.51. The topological polar surface area (TPSA) is 109 Å². The Morgan fingerprint density at radius 3 is 2.50 bits per heavy atom. The first kappa shape index (κ1) is 21.1. The molecule has 0 bridgehead atoms. The Hall–Kier alpha value is -3.61. The Morgan fingerprint density at radius 2 is 1.87 bits per heavy atom. The zero-order valence-electron chi connectivity index (χ0n) is 17.0. The molecule has 0 unspecified atom stereocenters. The second kappa shape index (κ2) is 8.82. The average Bonchev–Trinajstić information content (AvgIpc) is 2.70. The van der Waals surface area contributed by atoms with Gasteiger partial charge in [0.25, 0.3) is 0 Å². The fraction of sp³-hybridized carbons (Fsp3) is 0.261. The van der Waals surface area contributed by atoms with Crippen LogP contribution in [0.1, 0.15) is 22.3 Å². The van der Waals surface area contributed by atoms with E-state index in [-0.39, 0.29) is 18.4 Å². The summed E-state index contributed by atoms with van der Waals surface area (Å²) in [6, 6.07) is 11.2. The first-order valence-corrected chi connectivity index (χ1v) is 9.45. The van der Waals surface area contributed by atoms with E-state index in [1.54, 1.807) is 37.3 Å². The Balaban J connectivity index is 1.87. The fourth-order valence-electron chi connectivity index (χ4n) is 3.45. The normalized spacial score (nSPS) is 11.8. The standard InChI is InChI=1S/C23H23NO6/c1-13-9-18(29-3)21-14(2)16(23(28)30-19(21)10-13)12-20(25)24-17(22(26)27)11-15-7-5-4-6-8-15/h4-10,17H,11-12H2,1-3H3,(H,24,25)(H,26,27)/p-1/t17-/m0/s1. The van der Waals surface area contributed by atoms with Gasteiger partial charge in [-0.25, -0.2) is 4.79 Å². The number of hydrogen-bond donors (Lipinski definition) is 1. The maximum Gasteiger partial charge on any atom is 0.340 e. The van der Waals surface area contributed by atoms with Gasteiger partial charge in [-0.15, -0.1) is 0 Å². The number of carbonyl (C=O) groups excluding carboxylic acids is 2. The number of rotatable bonds is 7. The van der Waals surface area contributed by atoms with E-state index in [0.29, 0.717) is 22.3 Å². The summed E-state index contributed by atoms with van der Waals surface area (Å²) >= 11 is 0. The molecule has 1 N–H and O–H groups in total. The molecule has 0 radical (unpaired) electrons. The summed E-state index contributed by atoms with van der Waals surface area (Å²) in [4.78, 5) is 36.5. The van der Waals surface area contributed by atoms with Crippen molar-refractivity contribution in [1.82, 2.24) is 5.32 Å². The molecule has 0 aliphatic carbocycles. The van der Waals surface area contributed by atoms with Crippen LogP contribution in [0.5, 0.6) is 5.75 Å². The van der Waals surface area contributed by atoms with E-state index >= 15 is 0 Å². The lowest BCUT2D eigenvalue weighted by Crippen LogP contribution is -2.49. The number of carbonyl (C=O) groups is 2. The number of aliphatic carboxylic acids is 1. The number of carboxylic acids is 1. The van der Waals surface area contributed by atoms with Gasteiger partial charge in [-0.3, -0.25) is 4.79 Å². The molecule has 3 aromatic rings. The monoisotopic (exact) mass is 408 g/mol. The maximum absolute atomic E-state index is 12.6. The van der Waals surface area contributed by atoms with E-state index in [2.05, 4.69) is 5.32 Å². The number of benzene rings is 2. The van der Waals surface area contributed by atoms with Crippen molar-refractivity contribution in [2.24, 2.45) is 0 Å². The Morgan fingerprint density at radius 1 is 1.17 bits per heavy atom. The van der Waals surface area contributed by atoms with Gasteiger partial charge in [0.2, 0.25) is 5.91 Å². The number of methoxy groups -OCH3 is 1. The van der Waals surface area contributed by atoms with E-state index in [9.17, 15) is 19.5 Å². The second-order valence-electron chi connectivity index (χ2n) is 7.14. The zero-order valence-corrected chi connectivity index (χ0v) is 17.0. The van der Waals surface area contributed by atoms with Gasteiger partial charge < -0.3 is 24.4 Å². The van der Waals surface area contributed by atoms with Crippen LogP contribution in [0.3, 0.4) is 0 Å². The Labute approximate surface area is 173 Å². The van der Waals surface area contributed by atoms with Gasteiger partial charge in [0.1, 0.15) is 11.3 Å². The van der Waals surface area contributed by atoms with Crippen LogP contribution in [0, 0.1) is 13.8 Å². The molecule has 0 aliphatic heterocycles. The summed E-state index contributed by atoms with van der Waals surface area (Å²) in [7, 11) is 1.51.